The van der Waals surface area contributed by atoms with E-state index in [-0.39, 0.29) is 0 Å². The fraction of sp³-hybridized carbons (Fsp3) is 0.250. The number of hydrogen-bond donors (Lipinski definition) is 0. The molecule has 2 nitrogen and oxygen atoms in total. The molecule has 0 atom stereocenters. The van der Waals surface area contributed by atoms with Crippen molar-refractivity contribution in [1.29, 1.82) is 0 Å². The van der Waals surface area contributed by atoms with E-state index in [1.807, 2.05) is 17.8 Å². The second-order valence-corrected chi connectivity index (χ2v) is 3.44. The Morgan fingerprint density at radius 3 is 3.36 bits per heavy atom. The van der Waals surface area contributed by atoms with E-state index < -0.39 is 0 Å². The Labute approximate surface area is 69.8 Å². The number of allylic oxidation sites excluding steroid dienone is 2. The number of fused-ring (bicyclic) bond motifs is 2. The highest BCUT2D eigenvalue weighted by Crippen LogP contribution is 2.28. The molecule has 2 heterocycles. The first-order chi connectivity index (χ1) is 5.36. The molecule has 0 radical (unpaired) electrons. The quantitative estimate of drug-likeness (QED) is 0.539. The van der Waals surface area contributed by atoms with Crippen molar-refractivity contribution in [2.75, 3.05) is 0 Å². The molecule has 0 aliphatic carbocycles. The number of aliphatic imine (C=N–C) groups is 2. The smallest absolute Gasteiger partial charge is 0.133 e. The molecule has 56 valence electrons. The molecule has 3 heteroatoms. The average molecular weight is 164 g/mol. The number of nitrogens with zero attached hydrogens (tertiary/aromatic N) is 2. The molecule has 0 N–H and O–H groups in total. The lowest BCUT2D eigenvalue weighted by atomic mass is 10.2. The third-order valence-electron chi connectivity index (χ3n) is 1.70. The van der Waals surface area contributed by atoms with Gasteiger partial charge in [0.2, 0.25) is 0 Å². The van der Waals surface area contributed by atoms with E-state index in [9.17, 15) is 0 Å². The second kappa shape index (κ2) is 2.66. The molecular formula is C8H8N2S. The first-order valence-corrected chi connectivity index (χ1v) is 4.36. The molecule has 2 aliphatic heterocycles. The van der Waals surface area contributed by atoms with Crippen LogP contribution in [0.4, 0.5) is 0 Å². The third-order valence-corrected chi connectivity index (χ3v) is 2.66. The molecule has 0 spiro atoms. The fourth-order valence-electron chi connectivity index (χ4n) is 1.02. The van der Waals surface area contributed by atoms with Gasteiger partial charge in [0, 0.05) is 17.5 Å². The van der Waals surface area contributed by atoms with Gasteiger partial charge in [-0.15, -0.1) is 0 Å². The van der Waals surface area contributed by atoms with E-state index in [0.717, 1.165) is 12.3 Å². The first kappa shape index (κ1) is 6.85. The largest absolute Gasteiger partial charge is 0.241 e. The normalized spacial score (nSPS) is 21.7. The van der Waals surface area contributed by atoms with Gasteiger partial charge >= 0.3 is 0 Å². The summed E-state index contributed by atoms with van der Waals surface area (Å²) in [6.07, 6.45) is 4.75. The van der Waals surface area contributed by atoms with Gasteiger partial charge in [-0.1, -0.05) is 11.8 Å². The predicted octanol–water partition coefficient (Wildman–Crippen LogP) is 2.35. The highest BCUT2D eigenvalue weighted by Gasteiger charge is 2.11. The number of hydrogen-bond acceptors (Lipinski definition) is 3. The van der Waals surface area contributed by atoms with Crippen LogP contribution in [0.15, 0.2) is 32.7 Å². The molecule has 0 unspecified atom stereocenters. The Hall–Kier alpha value is -0.830. The summed E-state index contributed by atoms with van der Waals surface area (Å²) in [7, 11) is 0. The standard InChI is InChI=1S/C8H8N2S/c1-6-2-3-9-8-4-7(6)11-5-10-8/h2-3,5H,4H2,1H3. The molecule has 11 heavy (non-hydrogen) atoms. The van der Waals surface area contributed by atoms with Crippen LogP contribution in [0.5, 0.6) is 0 Å². The number of rotatable bonds is 0. The van der Waals surface area contributed by atoms with Gasteiger partial charge in [-0.3, -0.25) is 0 Å². The summed E-state index contributed by atoms with van der Waals surface area (Å²) in [6.45, 7) is 2.11. The summed E-state index contributed by atoms with van der Waals surface area (Å²) in [4.78, 5) is 9.69. The molecule has 0 aromatic rings. The van der Waals surface area contributed by atoms with Crippen LogP contribution < -0.4 is 0 Å². The van der Waals surface area contributed by atoms with Crippen LogP contribution in [0, 0.1) is 0 Å². The zero-order valence-electron chi connectivity index (χ0n) is 6.24. The van der Waals surface area contributed by atoms with E-state index in [2.05, 4.69) is 16.9 Å². The molecule has 0 aromatic heterocycles. The van der Waals surface area contributed by atoms with Gasteiger partial charge in [0.15, 0.2) is 0 Å². The molecule has 0 amide bonds. The lowest BCUT2D eigenvalue weighted by molar-refractivity contribution is 1.32. The van der Waals surface area contributed by atoms with Crippen LogP contribution in [0.1, 0.15) is 13.3 Å². The molecular weight excluding hydrogens is 156 g/mol. The molecule has 0 saturated carbocycles. The van der Waals surface area contributed by atoms with Crippen LogP contribution in [-0.4, -0.2) is 11.4 Å². The Balaban J connectivity index is 2.49. The summed E-state index contributed by atoms with van der Waals surface area (Å²) in [6, 6.07) is 0. The first-order valence-electron chi connectivity index (χ1n) is 3.48. The van der Waals surface area contributed by atoms with Crippen LogP contribution >= 0.6 is 11.8 Å². The maximum absolute atomic E-state index is 4.18. The second-order valence-electron chi connectivity index (χ2n) is 2.50. The highest BCUT2D eigenvalue weighted by molar-refractivity contribution is 8.15. The summed E-state index contributed by atoms with van der Waals surface area (Å²) in [5, 5.41) is 0. The zero-order chi connectivity index (χ0) is 7.68. The van der Waals surface area contributed by atoms with Gasteiger partial charge in [0.05, 0.1) is 5.55 Å². The van der Waals surface area contributed by atoms with Crippen LogP contribution in [-0.2, 0) is 0 Å². The van der Waals surface area contributed by atoms with Crippen molar-refractivity contribution in [3.05, 3.63) is 22.8 Å². The van der Waals surface area contributed by atoms with Crippen molar-refractivity contribution in [1.82, 2.24) is 0 Å². The lowest BCUT2D eigenvalue weighted by Crippen LogP contribution is -1.99. The van der Waals surface area contributed by atoms with E-state index in [4.69, 9.17) is 0 Å². The Morgan fingerprint density at radius 2 is 2.45 bits per heavy atom. The summed E-state index contributed by atoms with van der Waals surface area (Å²) >= 11 is 1.70. The monoisotopic (exact) mass is 164 g/mol. The molecule has 0 aromatic carbocycles. The van der Waals surface area contributed by atoms with Crippen molar-refractivity contribution < 1.29 is 0 Å². The minimum absolute atomic E-state index is 0.903. The van der Waals surface area contributed by atoms with Gasteiger partial charge in [-0.05, 0) is 18.6 Å². The topological polar surface area (TPSA) is 24.7 Å². The molecule has 2 bridgehead atoms. The summed E-state index contributed by atoms with van der Waals surface area (Å²) in [5.74, 6) is 0.923. The maximum Gasteiger partial charge on any atom is 0.133 e. The third kappa shape index (κ3) is 1.28. The van der Waals surface area contributed by atoms with Crippen LogP contribution in [0.3, 0.4) is 0 Å². The number of amidine groups is 1. The maximum atomic E-state index is 4.18. The van der Waals surface area contributed by atoms with Crippen molar-refractivity contribution in [3.63, 3.8) is 0 Å². The molecule has 2 rings (SSSR count). The Morgan fingerprint density at radius 1 is 1.55 bits per heavy atom. The minimum Gasteiger partial charge on any atom is -0.241 e. The number of thioether (sulfide) groups is 1. The summed E-state index contributed by atoms with van der Waals surface area (Å²) in [5.41, 5.74) is 3.16. The lowest BCUT2D eigenvalue weighted by Gasteiger charge is -2.08. The molecule has 0 saturated heterocycles. The van der Waals surface area contributed by atoms with Crippen molar-refractivity contribution in [3.8, 4) is 0 Å². The molecule has 2 aliphatic rings. The van der Waals surface area contributed by atoms with Crippen LogP contribution in [0.25, 0.3) is 0 Å². The van der Waals surface area contributed by atoms with Gasteiger partial charge < -0.3 is 0 Å². The highest BCUT2D eigenvalue weighted by atomic mass is 32.2. The predicted molar refractivity (Wildman–Crippen MR) is 50.0 cm³/mol. The average Bonchev–Trinajstić information content (AvgIpc) is 2.14. The van der Waals surface area contributed by atoms with Crippen molar-refractivity contribution >= 4 is 23.1 Å². The zero-order valence-corrected chi connectivity index (χ0v) is 7.06. The fourth-order valence-corrected chi connectivity index (χ4v) is 1.79. The minimum atomic E-state index is 0.903. The Kier molecular flexibility index (Phi) is 1.66. The van der Waals surface area contributed by atoms with Crippen molar-refractivity contribution in [2.24, 2.45) is 9.98 Å². The van der Waals surface area contributed by atoms with E-state index in [0.29, 0.717) is 0 Å². The van der Waals surface area contributed by atoms with Crippen molar-refractivity contribution in [2.45, 2.75) is 13.3 Å². The van der Waals surface area contributed by atoms with Gasteiger partial charge in [0.1, 0.15) is 5.84 Å². The van der Waals surface area contributed by atoms with E-state index in [1.54, 1.807) is 11.8 Å². The van der Waals surface area contributed by atoms with Crippen LogP contribution in [0.2, 0.25) is 0 Å². The SMILES string of the molecule is CC1=C2CC(=NC=C1)N=CS2. The van der Waals surface area contributed by atoms with Gasteiger partial charge in [-0.25, -0.2) is 9.98 Å². The molecule has 0 fully saturated rings. The summed E-state index contributed by atoms with van der Waals surface area (Å²) < 4.78 is 0. The van der Waals surface area contributed by atoms with Gasteiger partial charge in [-0.2, -0.15) is 0 Å². The van der Waals surface area contributed by atoms with Gasteiger partial charge in [0.25, 0.3) is 0 Å². The van der Waals surface area contributed by atoms with E-state index in [1.165, 1.54) is 10.5 Å². The van der Waals surface area contributed by atoms with E-state index >= 15 is 0 Å². The Bertz CT molecular complexity index is 297.